The molecule has 0 aliphatic carbocycles. The van der Waals surface area contributed by atoms with Crippen molar-refractivity contribution in [2.75, 3.05) is 5.32 Å². The zero-order valence-electron chi connectivity index (χ0n) is 14.8. The predicted molar refractivity (Wildman–Crippen MR) is 114 cm³/mol. The number of amides is 1. The Balaban J connectivity index is 1.43. The van der Waals surface area contributed by atoms with E-state index in [4.69, 9.17) is 0 Å². The van der Waals surface area contributed by atoms with Crippen LogP contribution in [0, 0.1) is 11.8 Å². The van der Waals surface area contributed by atoms with Gasteiger partial charge in [0.05, 0.1) is 10.2 Å². The highest BCUT2D eigenvalue weighted by atomic mass is 32.1. The quantitative estimate of drug-likeness (QED) is 0.412. The molecule has 0 atom stereocenters. The van der Waals surface area contributed by atoms with Crippen LogP contribution in [0.3, 0.4) is 0 Å². The second kappa shape index (κ2) is 8.30. The molecule has 0 saturated heterocycles. The van der Waals surface area contributed by atoms with Crippen LogP contribution in [0.5, 0.6) is 0 Å². The summed E-state index contributed by atoms with van der Waals surface area (Å²) in [7, 11) is 0. The van der Waals surface area contributed by atoms with Crippen LogP contribution in [0.1, 0.15) is 16.3 Å². The minimum atomic E-state index is -0.214. The molecule has 0 radical (unpaired) electrons. The first-order chi connectivity index (χ1) is 13.8. The van der Waals surface area contributed by atoms with Crippen LogP contribution in [0.2, 0.25) is 0 Å². The van der Waals surface area contributed by atoms with Gasteiger partial charge in [0.25, 0.3) is 0 Å². The Hall–Kier alpha value is -3.75. The normalized spacial score (nSPS) is 10.6. The van der Waals surface area contributed by atoms with Crippen molar-refractivity contribution in [3.63, 3.8) is 0 Å². The summed E-state index contributed by atoms with van der Waals surface area (Å²) < 4.78 is 1.10. The van der Waals surface area contributed by atoms with Crippen molar-refractivity contribution in [3.8, 4) is 11.8 Å². The van der Waals surface area contributed by atoms with Gasteiger partial charge < -0.3 is 5.32 Å². The summed E-state index contributed by atoms with van der Waals surface area (Å²) in [6, 6.07) is 20.9. The Labute approximate surface area is 166 Å². The minimum Gasteiger partial charge on any atom is -0.322 e. The van der Waals surface area contributed by atoms with Gasteiger partial charge in [-0.15, -0.1) is 11.3 Å². The number of rotatable bonds is 3. The van der Waals surface area contributed by atoms with Crippen molar-refractivity contribution >= 4 is 39.2 Å². The molecule has 0 unspecified atom stereocenters. The molecular weight excluding hydrogens is 366 g/mol. The highest BCUT2D eigenvalue weighted by Gasteiger charge is 2.02. The number of nitrogens with one attached hydrogen (secondary N) is 1. The van der Waals surface area contributed by atoms with Gasteiger partial charge in [-0.3, -0.25) is 4.79 Å². The lowest BCUT2D eigenvalue weighted by atomic mass is 10.2. The Morgan fingerprint density at radius 2 is 1.89 bits per heavy atom. The third-order valence-electron chi connectivity index (χ3n) is 3.82. The van der Waals surface area contributed by atoms with E-state index < -0.39 is 0 Å². The van der Waals surface area contributed by atoms with Gasteiger partial charge in [-0.25, -0.2) is 9.97 Å². The van der Waals surface area contributed by atoms with Gasteiger partial charge >= 0.3 is 0 Å². The van der Waals surface area contributed by atoms with Crippen molar-refractivity contribution < 1.29 is 4.79 Å². The number of hydrogen-bond donors (Lipinski definition) is 1. The lowest BCUT2D eigenvalue weighted by molar-refractivity contribution is -0.111. The van der Waals surface area contributed by atoms with E-state index in [1.807, 2.05) is 66.7 Å². The highest BCUT2D eigenvalue weighted by molar-refractivity contribution is 7.19. The Bertz CT molecular complexity index is 1180. The van der Waals surface area contributed by atoms with Crippen LogP contribution in [-0.2, 0) is 4.79 Å². The third-order valence-corrected chi connectivity index (χ3v) is 4.82. The van der Waals surface area contributed by atoms with Gasteiger partial charge in [-0.1, -0.05) is 30.2 Å². The maximum Gasteiger partial charge on any atom is 0.248 e. The number of aromatic nitrogens is 2. The van der Waals surface area contributed by atoms with Crippen molar-refractivity contribution in [1.29, 1.82) is 0 Å². The summed E-state index contributed by atoms with van der Waals surface area (Å²) in [4.78, 5) is 20.9. The van der Waals surface area contributed by atoms with E-state index in [9.17, 15) is 4.79 Å². The highest BCUT2D eigenvalue weighted by Crippen LogP contribution is 2.22. The second-order valence-electron chi connectivity index (χ2n) is 5.89. The molecule has 4 aromatic rings. The monoisotopic (exact) mass is 381 g/mol. The molecule has 0 aliphatic heterocycles. The topological polar surface area (TPSA) is 54.9 Å². The minimum absolute atomic E-state index is 0.214. The van der Waals surface area contributed by atoms with Crippen LogP contribution in [0.15, 0.2) is 79.0 Å². The standard InChI is InChI=1S/C23H15N3OS/c27-22(13-14-23-26-20-9-1-2-10-21(20)28-23)25-19-8-5-6-17(16-19)11-12-18-7-3-4-15-24-18/h1-10,13-16H,(H,25,27)/b14-13+. The van der Waals surface area contributed by atoms with Gasteiger partial charge in [0.1, 0.15) is 10.7 Å². The first-order valence-corrected chi connectivity index (χ1v) is 9.46. The van der Waals surface area contributed by atoms with E-state index in [2.05, 4.69) is 27.1 Å². The molecule has 1 N–H and O–H groups in total. The number of carbonyl (C=O) groups excluding carboxylic acids is 1. The van der Waals surface area contributed by atoms with E-state index in [-0.39, 0.29) is 5.91 Å². The number of para-hydroxylation sites is 1. The van der Waals surface area contributed by atoms with Gasteiger partial charge in [0, 0.05) is 23.5 Å². The van der Waals surface area contributed by atoms with Crippen LogP contribution in [0.25, 0.3) is 16.3 Å². The molecule has 0 bridgehead atoms. The number of pyridine rings is 1. The fourth-order valence-electron chi connectivity index (χ4n) is 2.54. The molecular formula is C23H15N3OS. The van der Waals surface area contributed by atoms with Gasteiger partial charge in [-0.05, 0) is 54.5 Å². The van der Waals surface area contributed by atoms with Crippen LogP contribution in [0.4, 0.5) is 5.69 Å². The molecule has 0 aliphatic rings. The number of fused-ring (bicyclic) bond motifs is 1. The number of carbonyl (C=O) groups is 1. The largest absolute Gasteiger partial charge is 0.322 e. The second-order valence-corrected chi connectivity index (χ2v) is 6.95. The Morgan fingerprint density at radius 1 is 1.00 bits per heavy atom. The summed E-state index contributed by atoms with van der Waals surface area (Å²) in [6.45, 7) is 0. The molecule has 0 fully saturated rings. The van der Waals surface area contributed by atoms with Gasteiger partial charge in [0.15, 0.2) is 0 Å². The number of benzene rings is 2. The molecule has 0 saturated carbocycles. The predicted octanol–water partition coefficient (Wildman–Crippen LogP) is 4.74. The molecule has 4 nitrogen and oxygen atoms in total. The first-order valence-electron chi connectivity index (χ1n) is 8.64. The van der Waals surface area contributed by atoms with Crippen molar-refractivity contribution in [2.24, 2.45) is 0 Å². The fraction of sp³-hybridized carbons (Fsp3) is 0. The number of anilines is 1. The Morgan fingerprint density at radius 3 is 2.75 bits per heavy atom. The summed E-state index contributed by atoms with van der Waals surface area (Å²) in [5.74, 6) is 5.85. The van der Waals surface area contributed by atoms with E-state index in [0.29, 0.717) is 11.4 Å². The number of nitrogens with zero attached hydrogens (tertiary/aromatic N) is 2. The third kappa shape index (κ3) is 4.50. The van der Waals surface area contributed by atoms with Crippen molar-refractivity contribution in [3.05, 3.63) is 95.3 Å². The Kier molecular flexibility index (Phi) is 5.23. The van der Waals surface area contributed by atoms with Crippen LogP contribution >= 0.6 is 11.3 Å². The van der Waals surface area contributed by atoms with E-state index >= 15 is 0 Å². The first kappa shape index (κ1) is 17.7. The summed E-state index contributed by atoms with van der Waals surface area (Å²) in [5, 5.41) is 3.65. The molecule has 2 aromatic heterocycles. The summed E-state index contributed by atoms with van der Waals surface area (Å²) in [5.41, 5.74) is 3.13. The van der Waals surface area contributed by atoms with Crippen molar-refractivity contribution in [2.45, 2.75) is 0 Å². The molecule has 4 rings (SSSR count). The summed E-state index contributed by atoms with van der Waals surface area (Å²) >= 11 is 1.55. The number of hydrogen-bond acceptors (Lipinski definition) is 4. The molecule has 134 valence electrons. The summed E-state index contributed by atoms with van der Waals surface area (Å²) in [6.07, 6.45) is 4.92. The van der Waals surface area contributed by atoms with Crippen molar-refractivity contribution in [1.82, 2.24) is 9.97 Å². The number of thiazole rings is 1. The van der Waals surface area contributed by atoms with Gasteiger partial charge in [-0.2, -0.15) is 0 Å². The van der Waals surface area contributed by atoms with E-state index in [1.165, 1.54) is 6.08 Å². The molecule has 2 aromatic carbocycles. The van der Waals surface area contributed by atoms with E-state index in [1.54, 1.807) is 23.6 Å². The SMILES string of the molecule is O=C(/C=C/c1nc2ccccc2s1)Nc1cccc(C#Cc2ccccn2)c1. The smallest absolute Gasteiger partial charge is 0.248 e. The average molecular weight is 381 g/mol. The van der Waals surface area contributed by atoms with Crippen LogP contribution < -0.4 is 5.32 Å². The maximum atomic E-state index is 12.2. The zero-order valence-corrected chi connectivity index (χ0v) is 15.6. The molecule has 2 heterocycles. The lowest BCUT2D eigenvalue weighted by Gasteiger charge is -2.02. The molecule has 1 amide bonds. The fourth-order valence-corrected chi connectivity index (χ4v) is 3.41. The zero-order chi connectivity index (χ0) is 19.2. The molecule has 5 heteroatoms. The van der Waals surface area contributed by atoms with Gasteiger partial charge in [0.2, 0.25) is 5.91 Å². The average Bonchev–Trinajstić information content (AvgIpc) is 3.15. The van der Waals surface area contributed by atoms with E-state index in [0.717, 1.165) is 20.8 Å². The molecule has 28 heavy (non-hydrogen) atoms. The molecule has 0 spiro atoms. The van der Waals surface area contributed by atoms with Crippen LogP contribution in [-0.4, -0.2) is 15.9 Å². The lowest BCUT2D eigenvalue weighted by Crippen LogP contribution is -2.07. The maximum absolute atomic E-state index is 12.2.